The number of piperidine rings is 1. The average molecular weight is 403 g/mol. The maximum absolute atomic E-state index is 12.5. The molecule has 1 aliphatic carbocycles. The third kappa shape index (κ3) is 7.22. The molecule has 3 rings (SSSR count). The lowest BCUT2D eigenvalue weighted by atomic mass is 9.90. The number of hydrogen-bond donors (Lipinski definition) is 1. The van der Waals surface area contributed by atoms with E-state index < -0.39 is 0 Å². The first-order chi connectivity index (χ1) is 14.3. The standard InChI is InChI=1S/C24H38N2O3/c1-2-3-4-10-19-28-21-15-13-20(14-16-21)25-24(27)29-23-12-7-6-11-22(23)26-17-8-5-9-18-26/h13-16,22-23H,2-12,17-19H2,1H3,(H,25,27). The number of ether oxygens (including phenoxy) is 2. The first kappa shape index (κ1) is 21.9. The van der Waals surface area contributed by atoms with E-state index in [2.05, 4.69) is 17.1 Å². The van der Waals surface area contributed by atoms with Gasteiger partial charge in [0.2, 0.25) is 0 Å². The van der Waals surface area contributed by atoms with Gasteiger partial charge in [-0.05, 0) is 75.9 Å². The number of hydrogen-bond acceptors (Lipinski definition) is 4. The van der Waals surface area contributed by atoms with Gasteiger partial charge in [0.1, 0.15) is 11.9 Å². The first-order valence-corrected chi connectivity index (χ1v) is 11.7. The summed E-state index contributed by atoms with van der Waals surface area (Å²) in [4.78, 5) is 15.0. The van der Waals surface area contributed by atoms with Crippen molar-refractivity contribution in [3.8, 4) is 5.75 Å². The molecular formula is C24H38N2O3. The smallest absolute Gasteiger partial charge is 0.411 e. The summed E-state index contributed by atoms with van der Waals surface area (Å²) >= 11 is 0. The van der Waals surface area contributed by atoms with Gasteiger partial charge in [-0.25, -0.2) is 4.79 Å². The highest BCUT2D eigenvalue weighted by molar-refractivity contribution is 5.84. The van der Waals surface area contributed by atoms with Gasteiger partial charge < -0.3 is 9.47 Å². The SMILES string of the molecule is CCCCCCOc1ccc(NC(=O)OC2CCCCC2N2CCCCC2)cc1. The van der Waals surface area contributed by atoms with Crippen molar-refractivity contribution < 1.29 is 14.3 Å². The van der Waals surface area contributed by atoms with Gasteiger partial charge in [-0.2, -0.15) is 0 Å². The second-order valence-electron chi connectivity index (χ2n) is 8.45. The summed E-state index contributed by atoms with van der Waals surface area (Å²) in [6.07, 6.45) is 12.8. The van der Waals surface area contributed by atoms with E-state index in [9.17, 15) is 4.79 Å². The Morgan fingerprint density at radius 3 is 2.52 bits per heavy atom. The van der Waals surface area contributed by atoms with Gasteiger partial charge in [0.05, 0.1) is 6.61 Å². The van der Waals surface area contributed by atoms with Gasteiger partial charge in [-0.1, -0.05) is 39.0 Å². The molecule has 2 aliphatic rings. The van der Waals surface area contributed by atoms with E-state index in [0.29, 0.717) is 6.04 Å². The van der Waals surface area contributed by atoms with Gasteiger partial charge in [-0.3, -0.25) is 10.2 Å². The molecule has 1 saturated carbocycles. The Morgan fingerprint density at radius 1 is 1.00 bits per heavy atom. The summed E-state index contributed by atoms with van der Waals surface area (Å²) in [6, 6.07) is 7.97. The molecule has 0 radical (unpaired) electrons. The Kier molecular flexibility index (Phi) is 9.13. The van der Waals surface area contributed by atoms with Crippen LogP contribution in [0.15, 0.2) is 24.3 Å². The first-order valence-electron chi connectivity index (χ1n) is 11.7. The molecule has 1 saturated heterocycles. The van der Waals surface area contributed by atoms with Crippen molar-refractivity contribution in [1.29, 1.82) is 0 Å². The predicted molar refractivity (Wildman–Crippen MR) is 118 cm³/mol. The lowest BCUT2D eigenvalue weighted by molar-refractivity contribution is 0.00174. The molecule has 162 valence electrons. The van der Waals surface area contributed by atoms with Crippen LogP contribution in [0.5, 0.6) is 5.75 Å². The number of rotatable bonds is 9. The molecule has 5 heteroatoms. The van der Waals surface area contributed by atoms with Crippen LogP contribution >= 0.6 is 0 Å². The van der Waals surface area contributed by atoms with Gasteiger partial charge in [0.25, 0.3) is 0 Å². The number of nitrogens with one attached hydrogen (secondary N) is 1. The van der Waals surface area contributed by atoms with E-state index >= 15 is 0 Å². The van der Waals surface area contributed by atoms with Crippen LogP contribution in [0.3, 0.4) is 0 Å². The van der Waals surface area contributed by atoms with E-state index in [1.807, 2.05) is 24.3 Å². The molecule has 1 amide bonds. The maximum atomic E-state index is 12.5. The maximum Gasteiger partial charge on any atom is 0.411 e. The highest BCUT2D eigenvalue weighted by Crippen LogP contribution is 2.28. The number of unbranched alkanes of at least 4 members (excludes halogenated alkanes) is 3. The molecule has 2 fully saturated rings. The zero-order chi connectivity index (χ0) is 20.3. The van der Waals surface area contributed by atoms with Crippen LogP contribution in [-0.4, -0.2) is 42.8 Å². The second kappa shape index (κ2) is 12.1. The minimum Gasteiger partial charge on any atom is -0.494 e. The fourth-order valence-corrected chi connectivity index (χ4v) is 4.52. The Morgan fingerprint density at radius 2 is 1.76 bits per heavy atom. The number of benzene rings is 1. The summed E-state index contributed by atoms with van der Waals surface area (Å²) in [5.74, 6) is 0.845. The van der Waals surface area contributed by atoms with Crippen molar-refractivity contribution in [1.82, 2.24) is 4.90 Å². The number of amides is 1. The zero-order valence-corrected chi connectivity index (χ0v) is 18.0. The molecule has 1 N–H and O–H groups in total. The van der Waals surface area contributed by atoms with Crippen LogP contribution in [0.4, 0.5) is 10.5 Å². The van der Waals surface area contributed by atoms with Crippen LogP contribution in [0.25, 0.3) is 0 Å². The normalized spacial score (nSPS) is 22.8. The zero-order valence-electron chi connectivity index (χ0n) is 18.0. The molecule has 1 aromatic rings. The number of carbonyl (C=O) groups is 1. The number of likely N-dealkylation sites (tertiary alicyclic amines) is 1. The van der Waals surface area contributed by atoms with E-state index in [4.69, 9.17) is 9.47 Å². The Labute approximate surface area is 176 Å². The predicted octanol–water partition coefficient (Wildman–Crippen LogP) is 5.99. The van der Waals surface area contributed by atoms with Crippen molar-refractivity contribution in [2.24, 2.45) is 0 Å². The van der Waals surface area contributed by atoms with E-state index in [1.165, 1.54) is 44.9 Å². The Balaban J connectivity index is 1.44. The van der Waals surface area contributed by atoms with Crippen LogP contribution in [0.2, 0.25) is 0 Å². The second-order valence-corrected chi connectivity index (χ2v) is 8.45. The van der Waals surface area contributed by atoms with Crippen molar-refractivity contribution in [2.45, 2.75) is 89.7 Å². The Bertz CT molecular complexity index is 599. The van der Waals surface area contributed by atoms with E-state index in [0.717, 1.165) is 56.8 Å². The van der Waals surface area contributed by atoms with Crippen LogP contribution in [0.1, 0.15) is 77.6 Å². The average Bonchev–Trinajstić information content (AvgIpc) is 2.76. The topological polar surface area (TPSA) is 50.8 Å². The number of carbonyl (C=O) groups excluding carboxylic acids is 1. The van der Waals surface area contributed by atoms with Crippen LogP contribution < -0.4 is 10.1 Å². The molecule has 29 heavy (non-hydrogen) atoms. The Hall–Kier alpha value is -1.75. The molecule has 1 aliphatic heterocycles. The molecule has 1 heterocycles. The molecule has 0 bridgehead atoms. The molecule has 0 spiro atoms. The van der Waals surface area contributed by atoms with E-state index in [-0.39, 0.29) is 12.2 Å². The van der Waals surface area contributed by atoms with Crippen LogP contribution in [0, 0.1) is 0 Å². The van der Waals surface area contributed by atoms with Crippen molar-refractivity contribution in [3.05, 3.63) is 24.3 Å². The number of nitrogens with zero attached hydrogens (tertiary/aromatic N) is 1. The third-order valence-corrected chi connectivity index (χ3v) is 6.15. The fraction of sp³-hybridized carbons (Fsp3) is 0.708. The largest absolute Gasteiger partial charge is 0.494 e. The van der Waals surface area contributed by atoms with Gasteiger partial charge in [-0.15, -0.1) is 0 Å². The van der Waals surface area contributed by atoms with Crippen molar-refractivity contribution in [3.63, 3.8) is 0 Å². The quantitative estimate of drug-likeness (QED) is 0.515. The molecule has 2 unspecified atom stereocenters. The van der Waals surface area contributed by atoms with Gasteiger partial charge in [0, 0.05) is 11.7 Å². The molecule has 0 aromatic heterocycles. The number of anilines is 1. The van der Waals surface area contributed by atoms with Crippen molar-refractivity contribution in [2.75, 3.05) is 25.0 Å². The summed E-state index contributed by atoms with van der Waals surface area (Å²) in [5, 5.41) is 2.89. The lowest BCUT2D eigenvalue weighted by Crippen LogP contribution is -2.49. The van der Waals surface area contributed by atoms with Gasteiger partial charge in [0.15, 0.2) is 0 Å². The molecular weight excluding hydrogens is 364 g/mol. The summed E-state index contributed by atoms with van der Waals surface area (Å²) in [6.45, 7) is 5.24. The highest BCUT2D eigenvalue weighted by Gasteiger charge is 2.33. The monoisotopic (exact) mass is 402 g/mol. The van der Waals surface area contributed by atoms with Crippen LogP contribution in [-0.2, 0) is 4.74 Å². The molecule has 1 aromatic carbocycles. The lowest BCUT2D eigenvalue weighted by Gasteiger charge is -2.41. The van der Waals surface area contributed by atoms with Crippen molar-refractivity contribution >= 4 is 11.8 Å². The fourth-order valence-electron chi connectivity index (χ4n) is 4.52. The minimum absolute atomic E-state index is 0.00702. The highest BCUT2D eigenvalue weighted by atomic mass is 16.6. The minimum atomic E-state index is -0.341. The van der Waals surface area contributed by atoms with E-state index in [1.54, 1.807) is 0 Å². The summed E-state index contributed by atoms with van der Waals surface area (Å²) < 4.78 is 11.6. The molecule has 2 atom stereocenters. The third-order valence-electron chi connectivity index (χ3n) is 6.15. The summed E-state index contributed by atoms with van der Waals surface area (Å²) in [5.41, 5.74) is 0.749. The summed E-state index contributed by atoms with van der Waals surface area (Å²) in [7, 11) is 0. The molecule has 5 nitrogen and oxygen atoms in total. The van der Waals surface area contributed by atoms with Gasteiger partial charge >= 0.3 is 6.09 Å².